The van der Waals surface area contributed by atoms with Gasteiger partial charge in [0.1, 0.15) is 0 Å². The van der Waals surface area contributed by atoms with E-state index in [9.17, 15) is 4.79 Å². The molecule has 70 valence electrons. The van der Waals surface area contributed by atoms with Gasteiger partial charge in [-0.05, 0) is 0 Å². The number of hydroxylamine groups is 2. The molecule has 13 heavy (non-hydrogen) atoms. The molecule has 0 spiro atoms. The second-order valence-electron chi connectivity index (χ2n) is 2.18. The molecule has 0 aromatic carbocycles. The van der Waals surface area contributed by atoms with Crippen LogP contribution < -0.4 is 0 Å². The second-order valence-corrected chi connectivity index (χ2v) is 2.54. The summed E-state index contributed by atoms with van der Waals surface area (Å²) < 4.78 is 0. The van der Waals surface area contributed by atoms with Crippen molar-refractivity contribution in [1.82, 2.24) is 15.0 Å². The van der Waals surface area contributed by atoms with Crippen molar-refractivity contribution >= 4 is 17.5 Å². The van der Waals surface area contributed by atoms with E-state index in [4.69, 9.17) is 11.6 Å². The Morgan fingerprint density at radius 2 is 2.15 bits per heavy atom. The fourth-order valence-corrected chi connectivity index (χ4v) is 0.883. The predicted molar refractivity (Wildman–Crippen MR) is 46.1 cm³/mol. The van der Waals surface area contributed by atoms with Crippen molar-refractivity contribution in [1.29, 1.82) is 0 Å². The fourth-order valence-electron chi connectivity index (χ4n) is 0.697. The van der Waals surface area contributed by atoms with Crippen molar-refractivity contribution in [2.24, 2.45) is 0 Å². The van der Waals surface area contributed by atoms with Crippen LogP contribution in [-0.4, -0.2) is 35.1 Å². The van der Waals surface area contributed by atoms with E-state index >= 15 is 0 Å². The Bertz CT molecular complexity index is 318. The van der Waals surface area contributed by atoms with Gasteiger partial charge in [-0.2, -0.15) is 0 Å². The summed E-state index contributed by atoms with van der Waals surface area (Å²) in [5.74, 6) is -0.430. The largest absolute Gasteiger partial charge is 0.298 e. The molecule has 1 aromatic heterocycles. The zero-order chi connectivity index (χ0) is 9.84. The molecular weight excluding hydrogens is 194 g/mol. The molecule has 1 rings (SSSR count). The summed E-state index contributed by atoms with van der Waals surface area (Å²) in [5, 5.41) is 1.09. The Hall–Kier alpha value is -1.20. The van der Waals surface area contributed by atoms with Crippen molar-refractivity contribution in [2.45, 2.75) is 0 Å². The zero-order valence-corrected chi connectivity index (χ0v) is 7.95. The van der Waals surface area contributed by atoms with E-state index in [1.165, 1.54) is 26.6 Å². The first-order valence-electron chi connectivity index (χ1n) is 3.45. The summed E-state index contributed by atoms with van der Waals surface area (Å²) >= 11 is 5.64. The van der Waals surface area contributed by atoms with Gasteiger partial charge in [-0.15, -0.1) is 0 Å². The molecule has 0 atom stereocenters. The fraction of sp³-hybridized carbons (Fsp3) is 0.286. The number of rotatable bonds is 2. The minimum absolute atomic E-state index is 0.0661. The van der Waals surface area contributed by atoms with Crippen LogP contribution in [0.2, 0.25) is 5.15 Å². The lowest BCUT2D eigenvalue weighted by Crippen LogP contribution is -2.26. The molecule has 1 aromatic rings. The molecule has 0 saturated carbocycles. The molecule has 0 N–H and O–H groups in total. The third kappa shape index (κ3) is 2.13. The van der Waals surface area contributed by atoms with E-state index < -0.39 is 5.91 Å². The SMILES string of the molecule is CON(C)C(=O)c1nccnc1Cl. The van der Waals surface area contributed by atoms with E-state index in [2.05, 4.69) is 14.8 Å². The first-order valence-corrected chi connectivity index (χ1v) is 3.83. The maximum Gasteiger partial charge on any atom is 0.298 e. The Morgan fingerprint density at radius 1 is 1.54 bits per heavy atom. The Balaban J connectivity index is 2.95. The van der Waals surface area contributed by atoms with E-state index in [1.54, 1.807) is 0 Å². The maximum absolute atomic E-state index is 11.4. The predicted octanol–water partition coefficient (Wildman–Crippen LogP) is 0.763. The molecule has 1 heterocycles. The summed E-state index contributed by atoms with van der Waals surface area (Å²) in [4.78, 5) is 23.6. The number of nitrogens with zero attached hydrogens (tertiary/aromatic N) is 3. The Labute approximate surface area is 80.3 Å². The third-order valence-electron chi connectivity index (χ3n) is 1.42. The lowest BCUT2D eigenvalue weighted by molar-refractivity contribution is -0.0760. The van der Waals surface area contributed by atoms with Crippen molar-refractivity contribution in [3.63, 3.8) is 0 Å². The molecular formula is C7H8ClN3O2. The van der Waals surface area contributed by atoms with E-state index in [0.717, 1.165) is 5.06 Å². The number of amides is 1. The first kappa shape index (κ1) is 9.88. The lowest BCUT2D eigenvalue weighted by atomic mass is 10.4. The molecule has 1 amide bonds. The minimum Gasteiger partial charge on any atom is -0.274 e. The highest BCUT2D eigenvalue weighted by Crippen LogP contribution is 2.10. The van der Waals surface area contributed by atoms with Crippen LogP contribution in [0.5, 0.6) is 0 Å². The van der Waals surface area contributed by atoms with Gasteiger partial charge < -0.3 is 0 Å². The van der Waals surface area contributed by atoms with Gasteiger partial charge in [0, 0.05) is 19.4 Å². The molecule has 6 heteroatoms. The zero-order valence-electron chi connectivity index (χ0n) is 7.19. The highest BCUT2D eigenvalue weighted by atomic mass is 35.5. The van der Waals surface area contributed by atoms with Crippen molar-refractivity contribution in [3.8, 4) is 0 Å². The highest BCUT2D eigenvalue weighted by molar-refractivity contribution is 6.32. The summed E-state index contributed by atoms with van der Waals surface area (Å²) in [6.45, 7) is 0. The van der Waals surface area contributed by atoms with Crippen LogP contribution in [0.4, 0.5) is 0 Å². The second kappa shape index (κ2) is 4.15. The molecule has 0 bridgehead atoms. The van der Waals surface area contributed by atoms with E-state index in [0.29, 0.717) is 0 Å². The molecule has 0 saturated heterocycles. The normalized spacial score (nSPS) is 9.77. The van der Waals surface area contributed by atoms with Crippen molar-refractivity contribution in [3.05, 3.63) is 23.2 Å². The molecule has 0 radical (unpaired) electrons. The summed E-state index contributed by atoms with van der Waals surface area (Å²) in [5.41, 5.74) is 0.0773. The first-order chi connectivity index (χ1) is 6.16. The Morgan fingerprint density at radius 3 is 2.69 bits per heavy atom. The van der Waals surface area contributed by atoms with E-state index in [1.807, 2.05) is 0 Å². The van der Waals surface area contributed by atoms with Gasteiger partial charge in [0.15, 0.2) is 10.8 Å². The molecule has 0 aliphatic rings. The van der Waals surface area contributed by atoms with Gasteiger partial charge >= 0.3 is 0 Å². The van der Waals surface area contributed by atoms with Gasteiger partial charge in [-0.25, -0.2) is 15.0 Å². The monoisotopic (exact) mass is 201 g/mol. The lowest BCUT2D eigenvalue weighted by Gasteiger charge is -2.12. The molecule has 0 unspecified atom stereocenters. The maximum atomic E-state index is 11.4. The highest BCUT2D eigenvalue weighted by Gasteiger charge is 2.16. The molecule has 0 aliphatic heterocycles. The summed E-state index contributed by atoms with van der Waals surface area (Å²) in [7, 11) is 2.84. The van der Waals surface area contributed by atoms with Gasteiger partial charge in [-0.1, -0.05) is 11.6 Å². The number of hydrogen-bond donors (Lipinski definition) is 0. The third-order valence-corrected chi connectivity index (χ3v) is 1.69. The van der Waals surface area contributed by atoms with Crippen LogP contribution in [0.25, 0.3) is 0 Å². The van der Waals surface area contributed by atoms with Gasteiger partial charge in [0.2, 0.25) is 0 Å². The van der Waals surface area contributed by atoms with Crippen LogP contribution in [0.1, 0.15) is 10.5 Å². The van der Waals surface area contributed by atoms with Crippen LogP contribution >= 0.6 is 11.6 Å². The van der Waals surface area contributed by atoms with Crippen molar-refractivity contribution < 1.29 is 9.63 Å². The minimum atomic E-state index is -0.430. The summed E-state index contributed by atoms with van der Waals surface area (Å²) in [6, 6.07) is 0. The molecule has 0 fully saturated rings. The van der Waals surface area contributed by atoms with Crippen molar-refractivity contribution in [2.75, 3.05) is 14.2 Å². The standard InChI is InChI=1S/C7H8ClN3O2/c1-11(13-2)7(12)5-6(8)10-4-3-9-5/h3-4H,1-2H3. The number of halogens is 1. The van der Waals surface area contributed by atoms with Crippen LogP contribution in [0.3, 0.4) is 0 Å². The van der Waals surface area contributed by atoms with Gasteiger partial charge in [0.05, 0.1) is 7.11 Å². The van der Waals surface area contributed by atoms with Crippen LogP contribution in [0, 0.1) is 0 Å². The van der Waals surface area contributed by atoms with Crippen LogP contribution in [0.15, 0.2) is 12.4 Å². The molecule has 0 aliphatic carbocycles. The number of carbonyl (C=O) groups is 1. The summed E-state index contributed by atoms with van der Waals surface area (Å²) in [6.07, 6.45) is 2.80. The average Bonchev–Trinajstić information content (AvgIpc) is 2.16. The number of hydrogen-bond acceptors (Lipinski definition) is 4. The Kier molecular flexibility index (Phi) is 3.16. The quantitative estimate of drug-likeness (QED) is 0.663. The van der Waals surface area contributed by atoms with Gasteiger partial charge in [-0.3, -0.25) is 9.63 Å². The molecule has 5 nitrogen and oxygen atoms in total. The number of aromatic nitrogens is 2. The van der Waals surface area contributed by atoms with Crippen LogP contribution in [-0.2, 0) is 4.84 Å². The number of carbonyl (C=O) groups excluding carboxylic acids is 1. The van der Waals surface area contributed by atoms with Gasteiger partial charge in [0.25, 0.3) is 5.91 Å². The van der Waals surface area contributed by atoms with E-state index in [-0.39, 0.29) is 10.8 Å². The topological polar surface area (TPSA) is 55.3 Å². The smallest absolute Gasteiger partial charge is 0.274 e. The average molecular weight is 202 g/mol.